The molecule has 1 saturated heterocycles. The third-order valence-electron chi connectivity index (χ3n) is 4.21. The van der Waals surface area contributed by atoms with Crippen molar-refractivity contribution >= 4 is 15.8 Å². The summed E-state index contributed by atoms with van der Waals surface area (Å²) in [7, 11) is -1.24. The van der Waals surface area contributed by atoms with E-state index < -0.39 is 9.84 Å². The molecule has 2 heterocycles. The summed E-state index contributed by atoms with van der Waals surface area (Å²) >= 11 is 0. The lowest BCUT2D eigenvalue weighted by Gasteiger charge is -2.15. The summed E-state index contributed by atoms with van der Waals surface area (Å²) in [6.45, 7) is 4.75. The number of rotatable bonds is 6. The van der Waals surface area contributed by atoms with Gasteiger partial charge in [-0.3, -0.25) is 4.99 Å². The van der Waals surface area contributed by atoms with Crippen LogP contribution in [0.1, 0.15) is 50.5 Å². The minimum Gasteiger partial charge on any atom is -0.359 e. The van der Waals surface area contributed by atoms with Crippen molar-refractivity contribution in [3.05, 3.63) is 17.5 Å². The first-order valence-electron chi connectivity index (χ1n) is 8.10. The minimum absolute atomic E-state index is 0.0824. The molecule has 1 fully saturated rings. The van der Waals surface area contributed by atoms with Gasteiger partial charge in [0.05, 0.1) is 23.7 Å². The standard InChI is InChI=1S/C15H26N4O3S/c1-4-11(5-2)14-8-13(22-19-14)9-17-15(16-3)18-12-6-7-23(20,21)10-12/h8,11-12H,4-7,9-10H2,1-3H3,(H2,16,17,18). The molecule has 0 amide bonds. The fourth-order valence-electron chi connectivity index (χ4n) is 2.78. The zero-order chi connectivity index (χ0) is 16.9. The molecule has 23 heavy (non-hydrogen) atoms. The summed E-state index contributed by atoms with van der Waals surface area (Å²) in [4.78, 5) is 4.13. The van der Waals surface area contributed by atoms with Crippen LogP contribution in [0.15, 0.2) is 15.6 Å². The van der Waals surface area contributed by atoms with E-state index in [1.54, 1.807) is 7.05 Å². The van der Waals surface area contributed by atoms with Crippen molar-refractivity contribution in [3.8, 4) is 0 Å². The highest BCUT2D eigenvalue weighted by molar-refractivity contribution is 7.91. The quantitative estimate of drug-likeness (QED) is 0.600. The Balaban J connectivity index is 1.86. The molecule has 0 spiro atoms. The Morgan fingerprint density at radius 2 is 2.22 bits per heavy atom. The average molecular weight is 342 g/mol. The first kappa shape index (κ1) is 17.8. The molecule has 1 unspecified atom stereocenters. The van der Waals surface area contributed by atoms with E-state index in [0.29, 0.717) is 24.8 Å². The van der Waals surface area contributed by atoms with E-state index >= 15 is 0 Å². The van der Waals surface area contributed by atoms with Crippen molar-refractivity contribution in [2.45, 2.75) is 51.6 Å². The summed E-state index contributed by atoms with van der Waals surface area (Å²) < 4.78 is 28.3. The zero-order valence-electron chi connectivity index (χ0n) is 14.0. The Kier molecular flexibility index (Phi) is 6.04. The van der Waals surface area contributed by atoms with E-state index in [2.05, 4.69) is 34.6 Å². The average Bonchev–Trinajstić information content (AvgIpc) is 3.11. The summed E-state index contributed by atoms with van der Waals surface area (Å²) in [6.07, 6.45) is 2.69. The van der Waals surface area contributed by atoms with Gasteiger partial charge in [-0.15, -0.1) is 0 Å². The van der Waals surface area contributed by atoms with E-state index in [-0.39, 0.29) is 17.5 Å². The maximum Gasteiger partial charge on any atom is 0.191 e. The number of aliphatic imine (C=N–C) groups is 1. The molecular weight excluding hydrogens is 316 g/mol. The van der Waals surface area contributed by atoms with Crippen molar-refractivity contribution in [3.63, 3.8) is 0 Å². The van der Waals surface area contributed by atoms with Gasteiger partial charge in [-0.25, -0.2) is 8.42 Å². The smallest absolute Gasteiger partial charge is 0.191 e. The molecule has 2 rings (SSSR count). The van der Waals surface area contributed by atoms with Gasteiger partial charge in [0.1, 0.15) is 0 Å². The fraction of sp³-hybridized carbons (Fsp3) is 0.733. The number of nitrogens with one attached hydrogen (secondary N) is 2. The Morgan fingerprint density at radius 3 is 2.78 bits per heavy atom. The van der Waals surface area contributed by atoms with Crippen LogP contribution in [0.25, 0.3) is 0 Å². The van der Waals surface area contributed by atoms with Crippen LogP contribution in [0.5, 0.6) is 0 Å². The molecule has 1 aromatic rings. The van der Waals surface area contributed by atoms with E-state index in [9.17, 15) is 8.42 Å². The SMILES string of the molecule is CCC(CC)c1cc(CNC(=NC)NC2CCS(=O)(=O)C2)on1. The van der Waals surface area contributed by atoms with Crippen LogP contribution >= 0.6 is 0 Å². The van der Waals surface area contributed by atoms with Crippen LogP contribution in [-0.2, 0) is 16.4 Å². The van der Waals surface area contributed by atoms with Crippen molar-refractivity contribution < 1.29 is 12.9 Å². The minimum atomic E-state index is -2.90. The molecule has 7 nitrogen and oxygen atoms in total. The van der Waals surface area contributed by atoms with Crippen molar-refractivity contribution in [1.82, 2.24) is 15.8 Å². The number of guanidine groups is 1. The molecule has 0 aliphatic carbocycles. The normalized spacial score (nSPS) is 20.9. The van der Waals surface area contributed by atoms with Gasteiger partial charge in [0.25, 0.3) is 0 Å². The van der Waals surface area contributed by atoms with E-state index in [4.69, 9.17) is 4.52 Å². The zero-order valence-corrected chi connectivity index (χ0v) is 14.8. The summed E-state index contributed by atoms with van der Waals surface area (Å²) in [5.41, 5.74) is 0.983. The van der Waals surface area contributed by atoms with Gasteiger partial charge in [0.15, 0.2) is 21.6 Å². The number of hydrogen-bond acceptors (Lipinski definition) is 5. The number of aromatic nitrogens is 1. The highest BCUT2D eigenvalue weighted by atomic mass is 32.2. The topological polar surface area (TPSA) is 96.6 Å². The van der Waals surface area contributed by atoms with Crippen LogP contribution in [0.2, 0.25) is 0 Å². The van der Waals surface area contributed by atoms with E-state index in [1.165, 1.54) is 0 Å². The predicted octanol–water partition coefficient (Wildman–Crippen LogP) is 1.43. The molecule has 1 aliphatic rings. The van der Waals surface area contributed by atoms with Gasteiger partial charge in [0.2, 0.25) is 0 Å². The van der Waals surface area contributed by atoms with Crippen molar-refractivity contribution in [1.29, 1.82) is 0 Å². The Hall–Kier alpha value is -1.57. The first-order valence-corrected chi connectivity index (χ1v) is 9.92. The van der Waals surface area contributed by atoms with Crippen LogP contribution < -0.4 is 10.6 Å². The molecule has 2 N–H and O–H groups in total. The van der Waals surface area contributed by atoms with E-state index in [0.717, 1.165) is 24.3 Å². The molecular formula is C15H26N4O3S. The number of hydrogen-bond donors (Lipinski definition) is 2. The van der Waals surface area contributed by atoms with Crippen molar-refractivity contribution in [2.75, 3.05) is 18.6 Å². The Labute approximate surface area is 137 Å². The maximum absolute atomic E-state index is 11.5. The first-order chi connectivity index (χ1) is 11.0. The monoisotopic (exact) mass is 342 g/mol. The van der Waals surface area contributed by atoms with Crippen LogP contribution in [-0.4, -0.2) is 44.1 Å². The largest absolute Gasteiger partial charge is 0.359 e. The third-order valence-corrected chi connectivity index (χ3v) is 5.98. The molecule has 1 atom stereocenters. The highest BCUT2D eigenvalue weighted by Crippen LogP contribution is 2.22. The predicted molar refractivity (Wildman–Crippen MR) is 90.2 cm³/mol. The second-order valence-electron chi connectivity index (χ2n) is 5.90. The molecule has 1 aliphatic heterocycles. The fourth-order valence-corrected chi connectivity index (χ4v) is 4.45. The molecule has 0 radical (unpaired) electrons. The summed E-state index contributed by atoms with van der Waals surface area (Å²) in [5.74, 6) is 2.15. The van der Waals surface area contributed by atoms with Gasteiger partial charge in [-0.1, -0.05) is 19.0 Å². The van der Waals surface area contributed by atoms with Crippen molar-refractivity contribution in [2.24, 2.45) is 4.99 Å². The summed E-state index contributed by atoms with van der Waals surface area (Å²) in [6, 6.07) is 1.89. The lowest BCUT2D eigenvalue weighted by Crippen LogP contribution is -2.43. The maximum atomic E-state index is 11.5. The van der Waals surface area contributed by atoms with Gasteiger partial charge in [0, 0.05) is 25.1 Å². The molecule has 130 valence electrons. The van der Waals surface area contributed by atoms with Crippen LogP contribution in [0.4, 0.5) is 0 Å². The molecule has 0 bridgehead atoms. The Morgan fingerprint density at radius 1 is 1.48 bits per heavy atom. The lowest BCUT2D eigenvalue weighted by atomic mass is 9.99. The molecule has 0 saturated carbocycles. The van der Waals surface area contributed by atoms with Crippen LogP contribution in [0.3, 0.4) is 0 Å². The highest BCUT2D eigenvalue weighted by Gasteiger charge is 2.28. The van der Waals surface area contributed by atoms with Gasteiger partial charge in [-0.05, 0) is 19.3 Å². The second kappa shape index (κ2) is 7.81. The Bertz CT molecular complexity index is 635. The van der Waals surface area contributed by atoms with Gasteiger partial charge in [-0.2, -0.15) is 0 Å². The molecule has 1 aromatic heterocycles. The third kappa shape index (κ3) is 4.95. The molecule has 8 heteroatoms. The van der Waals surface area contributed by atoms with Gasteiger partial charge < -0.3 is 15.2 Å². The lowest BCUT2D eigenvalue weighted by molar-refractivity contribution is 0.368. The van der Waals surface area contributed by atoms with Crippen LogP contribution in [0, 0.1) is 0 Å². The number of nitrogens with zero attached hydrogens (tertiary/aromatic N) is 2. The molecule has 0 aromatic carbocycles. The second-order valence-corrected chi connectivity index (χ2v) is 8.13. The summed E-state index contributed by atoms with van der Waals surface area (Å²) in [5, 5.41) is 10.4. The van der Waals surface area contributed by atoms with E-state index in [1.807, 2.05) is 6.07 Å². The van der Waals surface area contributed by atoms with Gasteiger partial charge >= 0.3 is 0 Å². The number of sulfone groups is 1.